The van der Waals surface area contributed by atoms with Gasteiger partial charge in [-0.3, -0.25) is 0 Å². The molecule has 6 heteroatoms. The topological polar surface area (TPSA) is 77.2 Å². The maximum atomic E-state index is 12.0. The number of hydrogen-bond donors (Lipinski definition) is 1. The molecule has 0 aliphatic heterocycles. The Kier molecular flexibility index (Phi) is 3.91. The van der Waals surface area contributed by atoms with Crippen molar-refractivity contribution in [1.29, 1.82) is 0 Å². The third-order valence-corrected chi connectivity index (χ3v) is 3.22. The first-order chi connectivity index (χ1) is 10.7. The molecule has 0 radical (unpaired) electrons. The summed E-state index contributed by atoms with van der Waals surface area (Å²) in [5.74, 6) is 0.0276. The first kappa shape index (κ1) is 14.3. The fraction of sp³-hybridized carbons (Fsp3) is 0.312. The standard InChI is InChI=1S/C16H17N3O3/c1-3-9-17-14-13-12(10-7-5-6-8-11(10)22-13)18-15(19-14)16(20)21-4-2/h5-8H,3-4,9H2,1-2H3,(H,17,18,19). The van der Waals surface area contributed by atoms with Gasteiger partial charge in [0.25, 0.3) is 0 Å². The number of nitrogens with one attached hydrogen (secondary N) is 1. The van der Waals surface area contributed by atoms with Crippen molar-refractivity contribution in [1.82, 2.24) is 9.97 Å². The molecule has 22 heavy (non-hydrogen) atoms. The Morgan fingerprint density at radius 2 is 2.09 bits per heavy atom. The first-order valence-corrected chi connectivity index (χ1v) is 7.34. The lowest BCUT2D eigenvalue weighted by Gasteiger charge is -2.06. The average molecular weight is 299 g/mol. The van der Waals surface area contributed by atoms with Crippen molar-refractivity contribution in [3.05, 3.63) is 30.1 Å². The Bertz CT molecular complexity index is 826. The minimum atomic E-state index is -0.533. The summed E-state index contributed by atoms with van der Waals surface area (Å²) in [5, 5.41) is 4.03. The number of esters is 1. The summed E-state index contributed by atoms with van der Waals surface area (Å²) in [5.41, 5.74) is 1.89. The number of anilines is 1. The van der Waals surface area contributed by atoms with Crippen molar-refractivity contribution in [2.45, 2.75) is 20.3 Å². The molecular weight excluding hydrogens is 282 g/mol. The minimum Gasteiger partial charge on any atom is -0.460 e. The van der Waals surface area contributed by atoms with Gasteiger partial charge in [0.2, 0.25) is 5.82 Å². The van der Waals surface area contributed by atoms with Crippen LogP contribution in [-0.4, -0.2) is 29.1 Å². The number of para-hydroxylation sites is 1. The molecule has 0 saturated heterocycles. The normalized spacial score (nSPS) is 11.0. The zero-order valence-corrected chi connectivity index (χ0v) is 12.5. The zero-order chi connectivity index (χ0) is 15.5. The van der Waals surface area contributed by atoms with Crippen LogP contribution < -0.4 is 5.32 Å². The first-order valence-electron chi connectivity index (χ1n) is 7.34. The molecule has 0 bridgehead atoms. The van der Waals surface area contributed by atoms with Crippen LogP contribution in [-0.2, 0) is 4.74 Å². The number of nitrogens with zero attached hydrogens (tertiary/aromatic N) is 2. The van der Waals surface area contributed by atoms with E-state index in [9.17, 15) is 4.79 Å². The molecule has 1 N–H and O–H groups in total. The van der Waals surface area contributed by atoms with E-state index >= 15 is 0 Å². The summed E-state index contributed by atoms with van der Waals surface area (Å²) < 4.78 is 10.8. The second-order valence-corrected chi connectivity index (χ2v) is 4.82. The van der Waals surface area contributed by atoms with Crippen LogP contribution in [0.25, 0.3) is 22.1 Å². The molecule has 1 aromatic carbocycles. The van der Waals surface area contributed by atoms with E-state index in [2.05, 4.69) is 22.2 Å². The third kappa shape index (κ3) is 2.47. The van der Waals surface area contributed by atoms with Crippen molar-refractivity contribution in [3.8, 4) is 0 Å². The number of rotatable bonds is 5. The van der Waals surface area contributed by atoms with Crippen LogP contribution in [0.3, 0.4) is 0 Å². The van der Waals surface area contributed by atoms with Gasteiger partial charge in [-0.05, 0) is 25.5 Å². The second kappa shape index (κ2) is 6.01. The summed E-state index contributed by atoms with van der Waals surface area (Å²) in [7, 11) is 0. The van der Waals surface area contributed by atoms with Crippen LogP contribution in [0.15, 0.2) is 28.7 Å². The molecule has 3 aromatic rings. The van der Waals surface area contributed by atoms with Gasteiger partial charge in [-0.15, -0.1) is 0 Å². The largest absolute Gasteiger partial charge is 0.460 e. The highest BCUT2D eigenvalue weighted by atomic mass is 16.5. The van der Waals surface area contributed by atoms with Gasteiger partial charge in [-0.2, -0.15) is 0 Å². The summed E-state index contributed by atoms with van der Waals surface area (Å²) in [4.78, 5) is 20.6. The highest BCUT2D eigenvalue weighted by Crippen LogP contribution is 2.31. The van der Waals surface area contributed by atoms with E-state index in [0.717, 1.165) is 18.4 Å². The van der Waals surface area contributed by atoms with Gasteiger partial charge in [-0.25, -0.2) is 14.8 Å². The summed E-state index contributed by atoms with van der Waals surface area (Å²) in [6.45, 7) is 4.81. The second-order valence-electron chi connectivity index (χ2n) is 4.82. The molecule has 0 spiro atoms. The summed E-state index contributed by atoms with van der Waals surface area (Å²) in [6, 6.07) is 7.57. The fourth-order valence-corrected chi connectivity index (χ4v) is 2.24. The number of fused-ring (bicyclic) bond motifs is 3. The molecule has 0 saturated carbocycles. The maximum absolute atomic E-state index is 12.0. The Morgan fingerprint density at radius 3 is 2.86 bits per heavy atom. The monoisotopic (exact) mass is 299 g/mol. The summed E-state index contributed by atoms with van der Waals surface area (Å²) >= 11 is 0. The van der Waals surface area contributed by atoms with Crippen molar-refractivity contribution >= 4 is 33.9 Å². The number of furan rings is 1. The van der Waals surface area contributed by atoms with Crippen molar-refractivity contribution in [2.24, 2.45) is 0 Å². The Balaban J connectivity index is 2.21. The quantitative estimate of drug-likeness (QED) is 0.728. The SMILES string of the molecule is CCCNc1nc(C(=O)OCC)nc2c1oc1ccccc12. The van der Waals surface area contributed by atoms with Crippen LogP contribution in [0.2, 0.25) is 0 Å². The Morgan fingerprint density at radius 1 is 1.27 bits per heavy atom. The Hall–Kier alpha value is -2.63. The molecule has 2 heterocycles. The van der Waals surface area contributed by atoms with E-state index in [0.29, 0.717) is 22.5 Å². The zero-order valence-electron chi connectivity index (χ0n) is 12.5. The van der Waals surface area contributed by atoms with Crippen LogP contribution in [0.1, 0.15) is 30.9 Å². The lowest BCUT2D eigenvalue weighted by molar-refractivity contribution is 0.0512. The maximum Gasteiger partial charge on any atom is 0.376 e. The van der Waals surface area contributed by atoms with Gasteiger partial charge in [0.1, 0.15) is 11.1 Å². The van der Waals surface area contributed by atoms with Gasteiger partial charge >= 0.3 is 5.97 Å². The number of aromatic nitrogens is 2. The molecule has 0 unspecified atom stereocenters. The third-order valence-electron chi connectivity index (χ3n) is 3.22. The van der Waals surface area contributed by atoms with Crippen molar-refractivity contribution in [3.63, 3.8) is 0 Å². The molecule has 0 amide bonds. The van der Waals surface area contributed by atoms with E-state index in [1.165, 1.54) is 0 Å². The molecule has 6 nitrogen and oxygen atoms in total. The number of benzene rings is 1. The van der Waals surface area contributed by atoms with Gasteiger partial charge in [0, 0.05) is 11.9 Å². The molecule has 0 aliphatic carbocycles. The molecule has 2 aromatic heterocycles. The molecule has 0 atom stereocenters. The van der Waals surface area contributed by atoms with Crippen LogP contribution in [0, 0.1) is 0 Å². The smallest absolute Gasteiger partial charge is 0.376 e. The number of ether oxygens (including phenoxy) is 1. The van der Waals surface area contributed by atoms with E-state index in [4.69, 9.17) is 9.15 Å². The van der Waals surface area contributed by atoms with Crippen LogP contribution in [0.4, 0.5) is 5.82 Å². The lowest BCUT2D eigenvalue weighted by atomic mass is 10.2. The van der Waals surface area contributed by atoms with Gasteiger partial charge in [0.15, 0.2) is 11.4 Å². The summed E-state index contributed by atoms with van der Waals surface area (Å²) in [6.07, 6.45) is 0.931. The van der Waals surface area contributed by atoms with Gasteiger partial charge < -0.3 is 14.5 Å². The van der Waals surface area contributed by atoms with Crippen molar-refractivity contribution < 1.29 is 13.9 Å². The number of hydrogen-bond acceptors (Lipinski definition) is 6. The minimum absolute atomic E-state index is 0.0412. The van der Waals surface area contributed by atoms with Gasteiger partial charge in [0.05, 0.1) is 6.61 Å². The molecule has 0 fully saturated rings. The van der Waals surface area contributed by atoms with Crippen LogP contribution in [0.5, 0.6) is 0 Å². The molecule has 3 rings (SSSR count). The molecular formula is C16H17N3O3. The fourth-order valence-electron chi connectivity index (χ4n) is 2.24. The van der Waals surface area contributed by atoms with E-state index in [1.807, 2.05) is 24.3 Å². The van der Waals surface area contributed by atoms with Crippen molar-refractivity contribution in [2.75, 3.05) is 18.5 Å². The van der Waals surface area contributed by atoms with E-state index in [1.54, 1.807) is 6.92 Å². The predicted molar refractivity (Wildman–Crippen MR) is 84.0 cm³/mol. The number of carbonyl (C=O) groups is 1. The van der Waals surface area contributed by atoms with E-state index in [-0.39, 0.29) is 12.4 Å². The molecule has 114 valence electrons. The highest BCUT2D eigenvalue weighted by Gasteiger charge is 2.19. The van der Waals surface area contributed by atoms with Crippen LogP contribution >= 0.6 is 0 Å². The number of carbonyl (C=O) groups excluding carboxylic acids is 1. The highest BCUT2D eigenvalue weighted by molar-refractivity contribution is 6.06. The Labute approximate surface area is 127 Å². The molecule has 0 aliphatic rings. The van der Waals surface area contributed by atoms with E-state index < -0.39 is 5.97 Å². The lowest BCUT2D eigenvalue weighted by Crippen LogP contribution is -2.12. The average Bonchev–Trinajstić information content (AvgIpc) is 2.91. The predicted octanol–water partition coefficient (Wildman–Crippen LogP) is 3.37. The van der Waals surface area contributed by atoms with Gasteiger partial charge in [-0.1, -0.05) is 19.1 Å².